The number of hydrogen-bond donors (Lipinski definition) is 0. The van der Waals surface area contributed by atoms with Crippen LogP contribution in [0.15, 0.2) is 58.5 Å². The molecule has 0 saturated carbocycles. The molecule has 0 aromatic heterocycles. The maximum atomic E-state index is 5.40. The Labute approximate surface area is 318 Å². The SMILES string of the molecule is CCCCCCCCCCCCCCCCCCCCC(=Nc1ccc(CCCC)c(CCCC)c1)C(CCCC)=Nc1ccccc1.[Pd]. The van der Waals surface area contributed by atoms with E-state index in [-0.39, 0.29) is 20.4 Å². The molecule has 0 N–H and O–H groups in total. The maximum absolute atomic E-state index is 5.40. The first-order valence-electron chi connectivity index (χ1n) is 21.0. The molecular weight excluding hydrogens is 687 g/mol. The molecule has 280 valence electrons. The van der Waals surface area contributed by atoms with Crippen LogP contribution >= 0.6 is 0 Å². The van der Waals surface area contributed by atoms with Gasteiger partial charge in [-0.3, -0.25) is 9.98 Å². The van der Waals surface area contributed by atoms with E-state index >= 15 is 0 Å². The summed E-state index contributed by atoms with van der Waals surface area (Å²) in [4.78, 5) is 10.6. The smallest absolute Gasteiger partial charge is 0.0636 e. The van der Waals surface area contributed by atoms with Crippen molar-refractivity contribution in [2.75, 3.05) is 0 Å². The Bertz CT molecular complexity index is 1090. The normalized spacial score (nSPS) is 12.0. The standard InChI is InChI=1S/C46H76N2.Pd/c1-5-9-13-14-15-16-17-18-19-20-21-22-23-24-25-26-27-31-37-46(45(36-12-8-4)47-43-34-29-28-30-35-43)48-44-39-38-41(32-10-6-2)42(40-44)33-11-7-3;/h28-30,34-35,38-40H,5-27,31-33,36-37H2,1-4H3;. The van der Waals surface area contributed by atoms with Crippen molar-refractivity contribution in [3.05, 3.63) is 59.7 Å². The van der Waals surface area contributed by atoms with Gasteiger partial charge in [0, 0.05) is 20.4 Å². The van der Waals surface area contributed by atoms with Crippen molar-refractivity contribution in [2.24, 2.45) is 9.98 Å². The number of aryl methyl sites for hydroxylation is 2. The van der Waals surface area contributed by atoms with E-state index in [1.165, 1.54) is 177 Å². The predicted molar refractivity (Wildman–Crippen MR) is 217 cm³/mol. The molecule has 0 radical (unpaired) electrons. The minimum absolute atomic E-state index is 0. The minimum atomic E-state index is 0. The van der Waals surface area contributed by atoms with Gasteiger partial charge in [-0.15, -0.1) is 0 Å². The van der Waals surface area contributed by atoms with E-state index in [9.17, 15) is 0 Å². The van der Waals surface area contributed by atoms with Crippen LogP contribution in [-0.4, -0.2) is 11.4 Å². The summed E-state index contributed by atoms with van der Waals surface area (Å²) < 4.78 is 0. The van der Waals surface area contributed by atoms with Crippen molar-refractivity contribution in [1.82, 2.24) is 0 Å². The van der Waals surface area contributed by atoms with E-state index < -0.39 is 0 Å². The van der Waals surface area contributed by atoms with Crippen molar-refractivity contribution in [2.45, 2.75) is 207 Å². The Morgan fingerprint density at radius 3 is 1.29 bits per heavy atom. The summed E-state index contributed by atoms with van der Waals surface area (Å²) in [5.41, 5.74) is 7.61. The molecule has 3 heteroatoms. The molecule has 0 aliphatic heterocycles. The van der Waals surface area contributed by atoms with Crippen molar-refractivity contribution in [1.29, 1.82) is 0 Å². The van der Waals surface area contributed by atoms with Gasteiger partial charge >= 0.3 is 0 Å². The molecular formula is C46H76N2Pd. The molecule has 49 heavy (non-hydrogen) atoms. The van der Waals surface area contributed by atoms with E-state index in [4.69, 9.17) is 9.98 Å². The Kier molecular flexibility index (Phi) is 30.0. The number of aliphatic imine (C=N–C) groups is 2. The van der Waals surface area contributed by atoms with Gasteiger partial charge in [-0.1, -0.05) is 180 Å². The Balaban J connectivity index is 0.0000120. The fourth-order valence-electron chi connectivity index (χ4n) is 6.77. The molecule has 0 heterocycles. The van der Waals surface area contributed by atoms with Crippen LogP contribution < -0.4 is 0 Å². The van der Waals surface area contributed by atoms with Crippen LogP contribution in [0, 0.1) is 0 Å². The Morgan fingerprint density at radius 1 is 0.388 bits per heavy atom. The second-order valence-corrected chi connectivity index (χ2v) is 14.5. The topological polar surface area (TPSA) is 24.7 Å². The van der Waals surface area contributed by atoms with Gasteiger partial charge in [0.05, 0.1) is 22.8 Å². The van der Waals surface area contributed by atoms with E-state index in [0.717, 1.165) is 37.1 Å². The first kappa shape index (κ1) is 45.5. The summed E-state index contributed by atoms with van der Waals surface area (Å²) in [6.07, 6.45) is 37.0. The average Bonchev–Trinajstić information content (AvgIpc) is 3.11. The van der Waals surface area contributed by atoms with Gasteiger partial charge in [0.15, 0.2) is 0 Å². The zero-order chi connectivity index (χ0) is 34.3. The molecule has 0 fully saturated rings. The minimum Gasteiger partial charge on any atom is -0.252 e. The van der Waals surface area contributed by atoms with E-state index in [1.54, 1.807) is 0 Å². The molecule has 2 nitrogen and oxygen atoms in total. The molecule has 2 rings (SSSR count). The van der Waals surface area contributed by atoms with Gasteiger partial charge < -0.3 is 0 Å². The molecule has 0 unspecified atom stereocenters. The summed E-state index contributed by atoms with van der Waals surface area (Å²) in [5.74, 6) is 0. The fourth-order valence-corrected chi connectivity index (χ4v) is 6.77. The first-order chi connectivity index (χ1) is 23.7. The monoisotopic (exact) mass is 763 g/mol. The second kappa shape index (κ2) is 32.4. The maximum Gasteiger partial charge on any atom is 0.0636 e. The number of rotatable bonds is 31. The molecule has 0 aliphatic rings. The third-order valence-corrected chi connectivity index (χ3v) is 9.94. The van der Waals surface area contributed by atoms with Gasteiger partial charge in [-0.2, -0.15) is 0 Å². The summed E-state index contributed by atoms with van der Waals surface area (Å²) >= 11 is 0. The Morgan fingerprint density at radius 2 is 0.796 bits per heavy atom. The second-order valence-electron chi connectivity index (χ2n) is 14.5. The third-order valence-electron chi connectivity index (χ3n) is 9.94. The molecule has 0 spiro atoms. The van der Waals surface area contributed by atoms with Crippen molar-refractivity contribution in [3.63, 3.8) is 0 Å². The fraction of sp³-hybridized carbons (Fsp3) is 0.696. The van der Waals surface area contributed by atoms with Crippen molar-refractivity contribution < 1.29 is 20.4 Å². The number of benzene rings is 2. The van der Waals surface area contributed by atoms with Crippen LogP contribution in [0.3, 0.4) is 0 Å². The summed E-state index contributed by atoms with van der Waals surface area (Å²) in [7, 11) is 0. The summed E-state index contributed by atoms with van der Waals surface area (Å²) in [6.45, 7) is 9.17. The number of para-hydroxylation sites is 1. The molecule has 0 atom stereocenters. The van der Waals surface area contributed by atoms with Crippen LogP contribution in [-0.2, 0) is 33.3 Å². The third kappa shape index (κ3) is 22.8. The molecule has 0 amide bonds. The molecule has 0 saturated heterocycles. The van der Waals surface area contributed by atoms with Gasteiger partial charge in [-0.25, -0.2) is 0 Å². The average molecular weight is 764 g/mol. The van der Waals surface area contributed by atoms with Crippen molar-refractivity contribution >= 4 is 22.8 Å². The summed E-state index contributed by atoms with van der Waals surface area (Å²) in [5, 5.41) is 0. The van der Waals surface area contributed by atoms with E-state index in [0.29, 0.717) is 0 Å². The van der Waals surface area contributed by atoms with E-state index in [2.05, 4.69) is 76.2 Å². The van der Waals surface area contributed by atoms with Gasteiger partial charge in [0.25, 0.3) is 0 Å². The van der Waals surface area contributed by atoms with Crippen LogP contribution in [0.1, 0.15) is 206 Å². The zero-order valence-electron chi connectivity index (χ0n) is 32.6. The van der Waals surface area contributed by atoms with Gasteiger partial charge in [0.2, 0.25) is 0 Å². The Hall–Kier alpha value is -1.56. The van der Waals surface area contributed by atoms with Crippen LogP contribution in [0.4, 0.5) is 11.4 Å². The zero-order valence-corrected chi connectivity index (χ0v) is 34.2. The molecule has 2 aromatic carbocycles. The largest absolute Gasteiger partial charge is 0.252 e. The molecule has 2 aromatic rings. The van der Waals surface area contributed by atoms with Gasteiger partial charge in [0.1, 0.15) is 0 Å². The van der Waals surface area contributed by atoms with Crippen molar-refractivity contribution in [3.8, 4) is 0 Å². The number of unbranched alkanes of at least 4 members (excludes halogenated alkanes) is 20. The molecule has 0 aliphatic carbocycles. The summed E-state index contributed by atoms with van der Waals surface area (Å²) in [6, 6.07) is 17.6. The number of hydrogen-bond acceptors (Lipinski definition) is 2. The van der Waals surface area contributed by atoms with Crippen LogP contribution in [0.5, 0.6) is 0 Å². The first-order valence-corrected chi connectivity index (χ1v) is 21.0. The van der Waals surface area contributed by atoms with Crippen LogP contribution in [0.25, 0.3) is 0 Å². The van der Waals surface area contributed by atoms with E-state index in [1.807, 2.05) is 0 Å². The quantitative estimate of drug-likeness (QED) is 0.0415. The van der Waals surface area contributed by atoms with Gasteiger partial charge in [-0.05, 0) is 86.8 Å². The van der Waals surface area contributed by atoms with Crippen LogP contribution in [0.2, 0.25) is 0 Å². The number of nitrogens with zero attached hydrogens (tertiary/aromatic N) is 2. The predicted octanol–water partition coefficient (Wildman–Crippen LogP) is 15.8. The molecule has 0 bridgehead atoms.